The fourth-order valence-corrected chi connectivity index (χ4v) is 4.18. The van der Waals surface area contributed by atoms with Crippen molar-refractivity contribution < 1.29 is 28.7 Å². The van der Waals surface area contributed by atoms with E-state index in [2.05, 4.69) is 16.0 Å². The summed E-state index contributed by atoms with van der Waals surface area (Å²) in [6.45, 7) is 7.49. The summed E-state index contributed by atoms with van der Waals surface area (Å²) in [6, 6.07) is 6.86. The molecule has 2 saturated heterocycles. The van der Waals surface area contributed by atoms with E-state index in [0.29, 0.717) is 26.0 Å². The van der Waals surface area contributed by atoms with Crippen LogP contribution in [0.25, 0.3) is 0 Å². The molecule has 196 valence electrons. The van der Waals surface area contributed by atoms with Gasteiger partial charge in [0.1, 0.15) is 17.7 Å². The third-order valence-corrected chi connectivity index (χ3v) is 6.49. The van der Waals surface area contributed by atoms with Gasteiger partial charge in [-0.25, -0.2) is 0 Å². The van der Waals surface area contributed by atoms with Crippen LogP contribution in [0.15, 0.2) is 30.3 Å². The number of benzene rings is 1. The van der Waals surface area contributed by atoms with E-state index in [1.165, 1.54) is 11.8 Å². The van der Waals surface area contributed by atoms with Crippen LogP contribution in [-0.4, -0.2) is 77.7 Å². The largest absolute Gasteiger partial charge is 0.361 e. The minimum atomic E-state index is -0.941. The lowest BCUT2D eigenvalue weighted by molar-refractivity contribution is -0.148. The second-order valence-corrected chi connectivity index (χ2v) is 10.1. The van der Waals surface area contributed by atoms with Gasteiger partial charge in [-0.3, -0.25) is 24.0 Å². The monoisotopic (exact) mass is 500 g/mol. The Balaban J connectivity index is 1.72. The third-order valence-electron chi connectivity index (χ3n) is 6.49. The Morgan fingerprint density at radius 2 is 1.75 bits per heavy atom. The number of nitrogens with one attached hydrogen (secondary N) is 3. The highest BCUT2D eigenvalue weighted by Gasteiger charge is 2.50. The zero-order valence-corrected chi connectivity index (χ0v) is 21.3. The van der Waals surface area contributed by atoms with Crippen molar-refractivity contribution in [1.82, 2.24) is 20.9 Å². The molecule has 1 aromatic rings. The van der Waals surface area contributed by atoms with Crippen LogP contribution in [0.3, 0.4) is 0 Å². The maximum atomic E-state index is 13.4. The smallest absolute Gasteiger partial charge is 0.243 e. The average molecular weight is 501 g/mol. The number of carbonyl (C=O) groups is 5. The molecule has 2 aliphatic heterocycles. The van der Waals surface area contributed by atoms with E-state index in [1.54, 1.807) is 6.92 Å². The summed E-state index contributed by atoms with van der Waals surface area (Å²) in [5.41, 5.74) is -0.0412. The number of nitrogens with zero attached hydrogens (tertiary/aromatic N) is 1. The Bertz CT molecular complexity index is 991. The lowest BCUT2D eigenvalue weighted by Gasteiger charge is -2.40. The predicted octanol–water partition coefficient (Wildman–Crippen LogP) is 0.340. The molecule has 0 saturated carbocycles. The summed E-state index contributed by atoms with van der Waals surface area (Å²) < 4.78 is 5.31. The fraction of sp³-hybridized carbons (Fsp3) is 0.577. The number of rotatable bonds is 12. The van der Waals surface area contributed by atoms with Gasteiger partial charge < -0.3 is 25.6 Å². The summed E-state index contributed by atoms with van der Waals surface area (Å²) in [5, 5.41) is 8.09. The number of carbonyl (C=O) groups excluding carboxylic acids is 5. The van der Waals surface area contributed by atoms with Crippen molar-refractivity contribution in [2.24, 2.45) is 5.92 Å². The van der Waals surface area contributed by atoms with Crippen molar-refractivity contribution in [2.45, 2.75) is 70.7 Å². The van der Waals surface area contributed by atoms with Crippen molar-refractivity contribution in [2.75, 3.05) is 19.7 Å². The van der Waals surface area contributed by atoms with E-state index >= 15 is 0 Å². The summed E-state index contributed by atoms with van der Waals surface area (Å²) >= 11 is 0. The quantitative estimate of drug-likeness (QED) is 0.354. The fourth-order valence-electron chi connectivity index (χ4n) is 4.18. The zero-order chi connectivity index (χ0) is 26.5. The number of Topliss-reactive ketones (excluding diaryl/α,β-unsaturated/α-hetero) is 1. The minimum absolute atomic E-state index is 0.155. The number of ether oxygens (including phenoxy) is 1. The van der Waals surface area contributed by atoms with E-state index < -0.39 is 35.5 Å². The van der Waals surface area contributed by atoms with E-state index in [1.807, 2.05) is 44.2 Å². The lowest BCUT2D eigenvalue weighted by atomic mass is 9.93. The predicted molar refractivity (Wildman–Crippen MR) is 132 cm³/mol. The molecule has 10 heteroatoms. The number of amides is 4. The number of epoxide rings is 1. The number of likely N-dealkylation sites (tertiary alicyclic amines) is 1. The van der Waals surface area contributed by atoms with Crippen LogP contribution in [0.2, 0.25) is 0 Å². The van der Waals surface area contributed by atoms with E-state index in [0.717, 1.165) is 5.56 Å². The van der Waals surface area contributed by atoms with Crippen LogP contribution in [0.5, 0.6) is 0 Å². The highest BCUT2D eigenvalue weighted by molar-refractivity contribution is 5.98. The average Bonchev–Trinajstić information content (AvgIpc) is 3.54. The van der Waals surface area contributed by atoms with Gasteiger partial charge in [-0.15, -0.1) is 0 Å². The van der Waals surface area contributed by atoms with Crippen LogP contribution in [0, 0.1) is 5.92 Å². The van der Waals surface area contributed by atoms with Gasteiger partial charge in [-0.05, 0) is 31.2 Å². The van der Waals surface area contributed by atoms with Crippen molar-refractivity contribution >= 4 is 29.4 Å². The second kappa shape index (κ2) is 11.6. The van der Waals surface area contributed by atoms with Gasteiger partial charge >= 0.3 is 0 Å². The molecular formula is C26H36N4O6. The molecule has 36 heavy (non-hydrogen) atoms. The molecule has 4 atom stereocenters. The van der Waals surface area contributed by atoms with Crippen LogP contribution in [0.4, 0.5) is 0 Å². The van der Waals surface area contributed by atoms with Gasteiger partial charge in [0.25, 0.3) is 0 Å². The van der Waals surface area contributed by atoms with Gasteiger partial charge in [-0.1, -0.05) is 44.2 Å². The molecule has 3 N–H and O–H groups in total. The van der Waals surface area contributed by atoms with Gasteiger partial charge in [0, 0.05) is 19.9 Å². The molecule has 10 nitrogen and oxygen atoms in total. The molecule has 4 amide bonds. The van der Waals surface area contributed by atoms with E-state index in [9.17, 15) is 24.0 Å². The third kappa shape index (κ3) is 7.13. The first-order valence-electron chi connectivity index (χ1n) is 12.4. The Kier molecular flexibility index (Phi) is 8.84. The van der Waals surface area contributed by atoms with Crippen LogP contribution >= 0.6 is 0 Å². The van der Waals surface area contributed by atoms with Crippen molar-refractivity contribution in [1.29, 1.82) is 0 Å². The summed E-state index contributed by atoms with van der Waals surface area (Å²) in [5.74, 6) is -1.63. The maximum absolute atomic E-state index is 13.4. The van der Waals surface area contributed by atoms with Crippen molar-refractivity contribution in [3.8, 4) is 0 Å². The van der Waals surface area contributed by atoms with Crippen LogP contribution in [-0.2, 0) is 35.1 Å². The first-order valence-corrected chi connectivity index (χ1v) is 12.4. The number of ketones is 1. The van der Waals surface area contributed by atoms with Crippen molar-refractivity contribution in [3.63, 3.8) is 0 Å². The number of hydrogen-bond donors (Lipinski definition) is 3. The maximum Gasteiger partial charge on any atom is 0.243 e. The first-order chi connectivity index (χ1) is 17.0. The van der Waals surface area contributed by atoms with E-state index in [-0.39, 0.29) is 36.5 Å². The minimum Gasteiger partial charge on any atom is -0.361 e. The summed E-state index contributed by atoms with van der Waals surface area (Å²) in [7, 11) is 0. The molecule has 0 unspecified atom stereocenters. The molecule has 2 heterocycles. The number of hydrogen-bond acceptors (Lipinski definition) is 6. The van der Waals surface area contributed by atoms with Crippen LogP contribution < -0.4 is 16.0 Å². The van der Waals surface area contributed by atoms with Gasteiger partial charge in [0.2, 0.25) is 23.6 Å². The second-order valence-electron chi connectivity index (χ2n) is 10.1. The molecule has 0 bridgehead atoms. The standard InChI is InChI=1S/C26H36N4O6/c1-16(2)12-19(23(33)26(4)15-36-26)28-24(34)20(13-18-8-6-5-7-9-18)29-25(35)21-10-11-30(21)22(32)14-27-17(3)31/h5-9,16,19-21H,10-15H2,1-4H3,(H,27,31)(H,28,34)(H,29,35)/t19-,20-,21-,26+/m0/s1. The van der Waals surface area contributed by atoms with E-state index in [4.69, 9.17) is 4.74 Å². The highest BCUT2D eigenvalue weighted by atomic mass is 16.6. The topological polar surface area (TPSA) is 137 Å². The molecular weight excluding hydrogens is 464 g/mol. The summed E-state index contributed by atoms with van der Waals surface area (Å²) in [4.78, 5) is 64.4. The SMILES string of the molecule is CC(=O)NCC(=O)N1CC[C@H]1C(=O)N[C@@H](Cc1ccccc1)C(=O)N[C@@H](CC(C)C)C(=O)[C@@]1(C)CO1. The molecule has 0 spiro atoms. The molecule has 0 aromatic heterocycles. The van der Waals surface area contributed by atoms with Gasteiger partial charge in [0.15, 0.2) is 5.78 Å². The molecule has 3 rings (SSSR count). The summed E-state index contributed by atoms with van der Waals surface area (Å²) in [6.07, 6.45) is 1.13. The Labute approximate surface area is 211 Å². The van der Waals surface area contributed by atoms with Crippen LogP contribution in [0.1, 0.15) is 46.1 Å². The first kappa shape index (κ1) is 27.3. The normalized spacial score (nSPS) is 22.1. The zero-order valence-electron chi connectivity index (χ0n) is 21.3. The highest BCUT2D eigenvalue weighted by Crippen LogP contribution is 2.29. The molecule has 0 radical (unpaired) electrons. The lowest BCUT2D eigenvalue weighted by Crippen LogP contribution is -2.63. The Morgan fingerprint density at radius 3 is 2.28 bits per heavy atom. The molecule has 2 aliphatic rings. The van der Waals surface area contributed by atoms with Gasteiger partial charge in [-0.2, -0.15) is 0 Å². The Morgan fingerprint density at radius 1 is 1.08 bits per heavy atom. The Hall–Kier alpha value is -3.27. The molecule has 1 aromatic carbocycles. The van der Waals surface area contributed by atoms with Gasteiger partial charge in [0.05, 0.1) is 19.2 Å². The van der Waals surface area contributed by atoms with Crippen molar-refractivity contribution in [3.05, 3.63) is 35.9 Å². The molecule has 0 aliphatic carbocycles. The molecule has 2 fully saturated rings.